The zero-order valence-corrected chi connectivity index (χ0v) is 6.81. The van der Waals surface area contributed by atoms with Crippen molar-refractivity contribution < 1.29 is 4.79 Å². The van der Waals surface area contributed by atoms with Crippen LogP contribution in [0.15, 0.2) is 0 Å². The zero-order valence-electron chi connectivity index (χ0n) is 6.81. The minimum absolute atomic E-state index is 0.291. The molecule has 0 amide bonds. The van der Waals surface area contributed by atoms with Gasteiger partial charge in [0, 0.05) is 18.8 Å². The molecule has 60 valence electrons. The summed E-state index contributed by atoms with van der Waals surface area (Å²) >= 11 is 0. The van der Waals surface area contributed by atoms with Crippen LogP contribution in [0.3, 0.4) is 0 Å². The first kappa shape index (κ1) is 8.33. The molecule has 1 fully saturated rings. The molecular weight excluding hydrogens is 136 g/mol. The van der Waals surface area contributed by atoms with Crippen LogP contribution in [-0.2, 0) is 4.79 Å². The minimum Gasteiger partial charge on any atom is -0.299 e. The molecule has 1 saturated carbocycles. The van der Waals surface area contributed by atoms with Gasteiger partial charge in [0.1, 0.15) is 5.78 Å². The van der Waals surface area contributed by atoms with E-state index in [0.29, 0.717) is 11.7 Å². The van der Waals surface area contributed by atoms with Crippen molar-refractivity contribution >= 4 is 5.78 Å². The maximum atomic E-state index is 11.2. The van der Waals surface area contributed by atoms with Crippen LogP contribution in [0.4, 0.5) is 0 Å². The van der Waals surface area contributed by atoms with Crippen molar-refractivity contribution in [1.82, 2.24) is 0 Å². The van der Waals surface area contributed by atoms with Gasteiger partial charge in [-0.2, -0.15) is 0 Å². The van der Waals surface area contributed by atoms with Gasteiger partial charge in [-0.05, 0) is 19.3 Å². The van der Waals surface area contributed by atoms with Crippen LogP contribution < -0.4 is 0 Å². The van der Waals surface area contributed by atoms with Gasteiger partial charge in [-0.15, -0.1) is 12.3 Å². The predicted octanol–water partition coefficient (Wildman–Crippen LogP) is 2.16. The van der Waals surface area contributed by atoms with Gasteiger partial charge >= 0.3 is 0 Å². The third-order valence-electron chi connectivity index (χ3n) is 2.32. The second kappa shape index (κ2) is 4.18. The van der Waals surface area contributed by atoms with E-state index in [1.165, 1.54) is 6.42 Å². The summed E-state index contributed by atoms with van der Waals surface area (Å²) in [6.07, 6.45) is 11.0. The molecule has 1 heteroatoms. The maximum absolute atomic E-state index is 11.2. The lowest BCUT2D eigenvalue weighted by Gasteiger charge is -2.18. The van der Waals surface area contributed by atoms with E-state index in [1.807, 2.05) is 0 Å². The average molecular weight is 150 g/mol. The minimum atomic E-state index is 0.291. The number of carbonyl (C=O) groups is 1. The summed E-state index contributed by atoms with van der Waals surface area (Å²) in [5, 5.41) is 0. The van der Waals surface area contributed by atoms with Crippen molar-refractivity contribution in [3.8, 4) is 12.3 Å². The highest BCUT2D eigenvalue weighted by Gasteiger charge is 2.20. The fraction of sp³-hybridized carbons (Fsp3) is 0.700. The first-order valence-electron chi connectivity index (χ1n) is 4.31. The molecule has 1 unspecified atom stereocenters. The highest BCUT2D eigenvalue weighted by atomic mass is 16.1. The van der Waals surface area contributed by atoms with Crippen LogP contribution in [-0.4, -0.2) is 5.78 Å². The molecule has 1 rings (SSSR count). The van der Waals surface area contributed by atoms with Gasteiger partial charge in [-0.3, -0.25) is 4.79 Å². The second-order valence-corrected chi connectivity index (χ2v) is 3.15. The van der Waals surface area contributed by atoms with Crippen LogP contribution in [0, 0.1) is 18.3 Å². The Hall–Kier alpha value is -0.770. The standard InChI is InChI=1S/C10H14O/c1-2-3-6-9-7-4-5-8-10(9)11/h1,9H,3-8H2. The summed E-state index contributed by atoms with van der Waals surface area (Å²) < 4.78 is 0. The van der Waals surface area contributed by atoms with Crippen LogP contribution in [0.2, 0.25) is 0 Å². The molecule has 0 aliphatic heterocycles. The Morgan fingerprint density at radius 2 is 2.36 bits per heavy atom. The number of terminal acetylenes is 1. The van der Waals surface area contributed by atoms with Crippen molar-refractivity contribution in [2.24, 2.45) is 5.92 Å². The Kier molecular flexibility index (Phi) is 3.16. The predicted molar refractivity (Wildman–Crippen MR) is 45.0 cm³/mol. The molecule has 0 spiro atoms. The van der Waals surface area contributed by atoms with Crippen molar-refractivity contribution in [3.63, 3.8) is 0 Å². The van der Waals surface area contributed by atoms with E-state index < -0.39 is 0 Å². The largest absolute Gasteiger partial charge is 0.299 e. The Balaban J connectivity index is 2.31. The zero-order chi connectivity index (χ0) is 8.10. The Bertz CT molecular complexity index is 176. The molecule has 1 atom stereocenters. The van der Waals surface area contributed by atoms with Gasteiger partial charge in [-0.25, -0.2) is 0 Å². The van der Waals surface area contributed by atoms with Crippen LogP contribution in [0.5, 0.6) is 0 Å². The van der Waals surface area contributed by atoms with Crippen LogP contribution in [0.25, 0.3) is 0 Å². The lowest BCUT2D eigenvalue weighted by atomic mass is 9.85. The number of ketones is 1. The van der Waals surface area contributed by atoms with Gasteiger partial charge in [-0.1, -0.05) is 6.42 Å². The quantitative estimate of drug-likeness (QED) is 0.551. The van der Waals surface area contributed by atoms with E-state index in [9.17, 15) is 4.79 Å². The van der Waals surface area contributed by atoms with Crippen LogP contribution in [0.1, 0.15) is 38.5 Å². The van der Waals surface area contributed by atoms with Gasteiger partial charge in [0.05, 0.1) is 0 Å². The summed E-state index contributed by atoms with van der Waals surface area (Å²) in [5.74, 6) is 3.31. The molecule has 0 bridgehead atoms. The molecule has 0 radical (unpaired) electrons. The summed E-state index contributed by atoms with van der Waals surface area (Å²) in [5.41, 5.74) is 0. The molecule has 0 N–H and O–H groups in total. The first-order valence-corrected chi connectivity index (χ1v) is 4.31. The monoisotopic (exact) mass is 150 g/mol. The van der Waals surface area contributed by atoms with E-state index >= 15 is 0 Å². The van der Waals surface area contributed by atoms with Gasteiger partial charge in [0.15, 0.2) is 0 Å². The molecule has 0 heterocycles. The van der Waals surface area contributed by atoms with E-state index in [1.54, 1.807) is 0 Å². The number of hydrogen-bond acceptors (Lipinski definition) is 1. The van der Waals surface area contributed by atoms with E-state index in [-0.39, 0.29) is 0 Å². The summed E-state index contributed by atoms with van der Waals surface area (Å²) in [4.78, 5) is 11.2. The van der Waals surface area contributed by atoms with E-state index in [0.717, 1.165) is 32.1 Å². The number of hydrogen-bond donors (Lipinski definition) is 0. The van der Waals surface area contributed by atoms with Crippen molar-refractivity contribution in [3.05, 3.63) is 0 Å². The summed E-state index contributed by atoms with van der Waals surface area (Å²) in [7, 11) is 0. The molecule has 11 heavy (non-hydrogen) atoms. The summed E-state index contributed by atoms with van der Waals surface area (Å²) in [6.45, 7) is 0. The van der Waals surface area contributed by atoms with Gasteiger partial charge in [0.2, 0.25) is 0 Å². The summed E-state index contributed by atoms with van der Waals surface area (Å²) in [6, 6.07) is 0. The molecule has 1 aliphatic rings. The smallest absolute Gasteiger partial charge is 0.136 e. The van der Waals surface area contributed by atoms with E-state index in [2.05, 4.69) is 5.92 Å². The Labute approximate surface area is 68.2 Å². The number of rotatable bonds is 2. The highest BCUT2D eigenvalue weighted by molar-refractivity contribution is 5.81. The van der Waals surface area contributed by atoms with Crippen molar-refractivity contribution in [2.45, 2.75) is 38.5 Å². The Morgan fingerprint density at radius 1 is 1.55 bits per heavy atom. The van der Waals surface area contributed by atoms with Crippen molar-refractivity contribution in [2.75, 3.05) is 0 Å². The molecule has 0 aromatic heterocycles. The third-order valence-corrected chi connectivity index (χ3v) is 2.32. The Morgan fingerprint density at radius 3 is 3.00 bits per heavy atom. The van der Waals surface area contributed by atoms with Crippen molar-refractivity contribution in [1.29, 1.82) is 0 Å². The third kappa shape index (κ3) is 2.38. The topological polar surface area (TPSA) is 17.1 Å². The normalized spacial score (nSPS) is 24.6. The lowest BCUT2D eigenvalue weighted by molar-refractivity contribution is -0.124. The average Bonchev–Trinajstić information content (AvgIpc) is 2.03. The number of carbonyl (C=O) groups excluding carboxylic acids is 1. The fourth-order valence-electron chi connectivity index (χ4n) is 1.62. The molecule has 0 saturated heterocycles. The molecule has 1 aliphatic carbocycles. The van der Waals surface area contributed by atoms with Crippen LogP contribution >= 0.6 is 0 Å². The first-order chi connectivity index (χ1) is 5.34. The highest BCUT2D eigenvalue weighted by Crippen LogP contribution is 2.23. The van der Waals surface area contributed by atoms with Gasteiger partial charge in [0.25, 0.3) is 0 Å². The van der Waals surface area contributed by atoms with E-state index in [4.69, 9.17) is 6.42 Å². The molecule has 1 nitrogen and oxygen atoms in total. The second-order valence-electron chi connectivity index (χ2n) is 3.15. The molecular formula is C10H14O. The number of Topliss-reactive ketones (excluding diaryl/α,β-unsaturated/α-hetero) is 1. The maximum Gasteiger partial charge on any atom is 0.136 e. The molecule has 0 aromatic rings. The fourth-order valence-corrected chi connectivity index (χ4v) is 1.62. The lowest BCUT2D eigenvalue weighted by Crippen LogP contribution is -2.18. The molecule has 0 aromatic carbocycles. The SMILES string of the molecule is C#CCCC1CCCCC1=O. The van der Waals surface area contributed by atoms with Gasteiger partial charge < -0.3 is 0 Å².